The summed E-state index contributed by atoms with van der Waals surface area (Å²) in [5.41, 5.74) is 0. The van der Waals surface area contributed by atoms with Crippen molar-refractivity contribution in [3.05, 3.63) is 0 Å². The van der Waals surface area contributed by atoms with E-state index >= 15 is 0 Å². The topological polar surface area (TPSA) is 675 Å². The quantitative estimate of drug-likeness (QED) is 0.0404. The minimum Gasteiger partial charge on any atom is -0.394 e. The van der Waals surface area contributed by atoms with Crippen molar-refractivity contribution >= 4 is 35.4 Å². The van der Waals surface area contributed by atoms with E-state index in [1.165, 1.54) is 48.5 Å². The molecule has 0 aliphatic carbocycles. The lowest BCUT2D eigenvalue weighted by molar-refractivity contribution is -0.387. The summed E-state index contributed by atoms with van der Waals surface area (Å²) in [6.07, 6.45) is -71.3. The van der Waals surface area contributed by atoms with Crippen LogP contribution in [-0.4, -0.2) is 418 Å². The largest absolute Gasteiger partial charge is 0.394 e. The fraction of sp³-hybridized carbons (Fsp3) is 0.909. The number of rotatable bonds is 25. The third-order valence-corrected chi connectivity index (χ3v) is 21.0. The Morgan fingerprint density at radius 3 is 0.643 bits per heavy atom. The molecule has 112 heavy (non-hydrogen) atoms. The van der Waals surface area contributed by atoms with Gasteiger partial charge in [-0.2, -0.15) is 0 Å². The molecule has 9 saturated heterocycles. The van der Waals surface area contributed by atoms with Gasteiger partial charge in [0, 0.05) is 41.5 Å². The highest BCUT2D eigenvalue weighted by atomic mass is 16.8. The van der Waals surface area contributed by atoms with E-state index in [2.05, 4.69) is 31.9 Å². The molecule has 45 atom stereocenters. The molecule has 0 bridgehead atoms. The number of hydrogen-bond donors (Lipinski definition) is 23. The fourth-order valence-electron chi connectivity index (χ4n) is 15.3. The third-order valence-electron chi connectivity index (χ3n) is 21.0. The number of carbonyl (C=O) groups excluding carboxylic acids is 6. The predicted molar refractivity (Wildman–Crippen MR) is 358 cm³/mol. The van der Waals surface area contributed by atoms with Crippen LogP contribution in [0, 0.1) is 0 Å². The molecule has 0 radical (unpaired) electrons. The van der Waals surface area contributed by atoms with Gasteiger partial charge in [-0.15, -0.1) is 0 Å². The number of carbonyl (C=O) groups is 6. The van der Waals surface area contributed by atoms with Crippen LogP contribution in [0.5, 0.6) is 0 Å². The number of hydrogen-bond acceptors (Lipinski definition) is 40. The lowest BCUT2D eigenvalue weighted by Crippen LogP contribution is -2.71. The van der Waals surface area contributed by atoms with E-state index in [0.717, 1.165) is 34.6 Å². The third kappa shape index (κ3) is 20.4. The van der Waals surface area contributed by atoms with Gasteiger partial charge in [-0.1, -0.05) is 0 Å². The number of amides is 6. The normalized spacial score (nSPS) is 48.8. The van der Waals surface area contributed by atoms with Gasteiger partial charge in [-0.05, 0) is 41.5 Å². The highest BCUT2D eigenvalue weighted by Crippen LogP contribution is 2.40. The lowest BCUT2D eigenvalue weighted by atomic mass is 9.93. The zero-order valence-electron chi connectivity index (χ0n) is 63.1. The molecular formula is C66H110N6O40. The number of ether oxygens (including phenoxy) is 17. The van der Waals surface area contributed by atoms with Crippen LogP contribution < -0.4 is 31.9 Å². The van der Waals surface area contributed by atoms with E-state index in [1.807, 2.05) is 0 Å². The van der Waals surface area contributed by atoms with Crippen molar-refractivity contribution in [3.63, 3.8) is 0 Å². The molecule has 46 nitrogen and oxygen atoms in total. The molecule has 0 spiro atoms. The van der Waals surface area contributed by atoms with Crippen molar-refractivity contribution < 1.29 is 196 Å². The smallest absolute Gasteiger partial charge is 0.217 e. The van der Waals surface area contributed by atoms with Crippen LogP contribution in [0.25, 0.3) is 0 Å². The maximum atomic E-state index is 13.0. The maximum absolute atomic E-state index is 13.0. The second-order valence-electron chi connectivity index (χ2n) is 29.5. The van der Waals surface area contributed by atoms with E-state index in [1.54, 1.807) is 0 Å². The molecule has 0 aromatic carbocycles. The van der Waals surface area contributed by atoms with Crippen molar-refractivity contribution in [2.24, 2.45) is 0 Å². The molecule has 23 N–H and O–H groups in total. The maximum Gasteiger partial charge on any atom is 0.217 e. The van der Waals surface area contributed by atoms with E-state index in [-0.39, 0.29) is 0 Å². The number of aliphatic hydroxyl groups is 17. The van der Waals surface area contributed by atoms with E-state index in [9.17, 15) is 116 Å². The minimum atomic E-state index is -2.26. The second-order valence-corrected chi connectivity index (χ2v) is 29.5. The molecule has 46 heteroatoms. The molecule has 6 amide bonds. The Morgan fingerprint density at radius 2 is 0.411 bits per heavy atom. The first-order valence-electron chi connectivity index (χ1n) is 36.7. The van der Waals surface area contributed by atoms with E-state index in [4.69, 9.17) is 80.5 Å². The molecule has 0 aromatic heterocycles. The Morgan fingerprint density at radius 1 is 0.232 bits per heavy atom. The Balaban J connectivity index is 0.937. The Hall–Kier alpha value is -4.54. The van der Waals surface area contributed by atoms with Crippen molar-refractivity contribution in [3.8, 4) is 0 Å². The summed E-state index contributed by atoms with van der Waals surface area (Å²) in [5, 5.41) is 210. The van der Waals surface area contributed by atoms with Crippen LogP contribution in [0.2, 0.25) is 0 Å². The molecular weight excluding hydrogens is 1520 g/mol. The van der Waals surface area contributed by atoms with Crippen LogP contribution in [0.4, 0.5) is 0 Å². The van der Waals surface area contributed by atoms with Gasteiger partial charge in [0.1, 0.15) is 146 Å². The van der Waals surface area contributed by atoms with Gasteiger partial charge in [0.05, 0.1) is 92.7 Å². The van der Waals surface area contributed by atoms with Crippen LogP contribution in [-0.2, 0) is 109 Å². The summed E-state index contributed by atoms with van der Waals surface area (Å²) >= 11 is 0. The average Bonchev–Trinajstić information content (AvgIpc) is 0.769. The summed E-state index contributed by atoms with van der Waals surface area (Å²) in [7, 11) is 0. The summed E-state index contributed by atoms with van der Waals surface area (Å²) in [6, 6.07) is -7.97. The first-order chi connectivity index (χ1) is 52.6. The SMILES string of the molecule is CC(=O)N[C@H]1[C@H](O)[C@@H](O)[C@@H](O[C@@H]2[C@H](O)[C@@H](O[C@@H]3[C@H](O)[C@H](O[C@@H]4[C@H](O)[C@@H](O[C@@H]5[C@H](O)[C@@H](O[C@@H]6[C@H](O)[C@H](O[C@@H]7[C@H](O)[C@@H](O[C@@H]8[C@H](O)[C@@H](O[C@@H]9[C@H](O)[C@H](O)O[C@H](CO)[C@H]9O)O[C@H](C)[C@H]8NC(C)=O)O[C@H](C)[C@H]7NC(C)=O)O[C@H](CO)[C@H]6O)O[C@H](C)[C@H]5NC(C)=O)O[C@H](C)[C@H]4NC(C)=O)O[C@H](CO)[C@H]3O)O[C@H](C)[C@H]2NC(C)=O)O[C@@H]1C. The van der Waals surface area contributed by atoms with Gasteiger partial charge in [0.25, 0.3) is 0 Å². The fourth-order valence-corrected chi connectivity index (χ4v) is 15.3. The van der Waals surface area contributed by atoms with Crippen molar-refractivity contribution in [2.45, 2.75) is 359 Å². The summed E-state index contributed by atoms with van der Waals surface area (Å²) in [4.78, 5) is 75.9. The highest BCUT2D eigenvalue weighted by Gasteiger charge is 2.61. The first kappa shape index (κ1) is 91.4. The Bertz CT molecular complexity index is 3110. The molecule has 0 aromatic rings. The van der Waals surface area contributed by atoms with Crippen LogP contribution in [0.3, 0.4) is 0 Å². The standard InChI is InChI=1S/C66H110N6O40/c1-16-31(67-22(7)76)40(85)41(86)59(96-16)105-50-32(68-23(8)77)19(4)100-63(45(50)90)111-56-38(83)29(14-74)103-65(48(56)93)109-54-36(72-27(12)81)18(3)98-61(44(54)89)107-52-34(70-25(10)79)21(6)101-64(47(52)92)112-57-39(84)30(15-75)104-66(49(57)94)108-53-35(71-26(11)80)17(2)97-60(43(53)88)106-51-33(69-24(9)78)20(5)99-62(46(51)91)110-55-37(82)28(13-73)102-58(95)42(55)87/h16-21,28-66,73-75,82-95H,13-15H2,1-12H3,(H,67,76)(H,68,77)(H,69,78)(H,70,79)(H,71,80)(H,72,81)/t16-,17-,18-,19-,20-,21-,28-,29-,30-,31-,32-,33-,34-,35-,36-,37-,38-,39-,40+,41-,42+,43+,44+,45+,46+,47+,48+,49+,50+,51+,52+,53+,54+,55+,56+,57+,58-,59-,60-,61-,62-,63-,64-,65+,66+/m1/s1. The van der Waals surface area contributed by atoms with E-state index in [0.29, 0.717) is 0 Å². The molecule has 9 heterocycles. The zero-order valence-corrected chi connectivity index (χ0v) is 63.1. The van der Waals surface area contributed by atoms with Crippen LogP contribution in [0.15, 0.2) is 0 Å². The monoisotopic (exact) mass is 1630 g/mol. The zero-order chi connectivity index (χ0) is 82.8. The molecule has 9 aliphatic rings. The van der Waals surface area contributed by atoms with Gasteiger partial charge in [0.2, 0.25) is 35.4 Å². The van der Waals surface area contributed by atoms with Gasteiger partial charge in [0.15, 0.2) is 56.6 Å². The van der Waals surface area contributed by atoms with Crippen molar-refractivity contribution in [2.75, 3.05) is 19.8 Å². The molecule has 644 valence electrons. The van der Waals surface area contributed by atoms with Gasteiger partial charge in [-0.25, -0.2) is 0 Å². The first-order valence-corrected chi connectivity index (χ1v) is 36.7. The lowest BCUT2D eigenvalue weighted by Gasteiger charge is -2.51. The Kier molecular flexibility index (Phi) is 31.7. The molecule has 9 rings (SSSR count). The van der Waals surface area contributed by atoms with Gasteiger partial charge < -0.3 is 199 Å². The molecule has 9 aliphatic heterocycles. The summed E-state index contributed by atoms with van der Waals surface area (Å²) in [6.45, 7) is 12.2. The molecule has 0 saturated carbocycles. The predicted octanol–water partition coefficient (Wildman–Crippen LogP) is -13.6. The Labute approximate surface area is 640 Å². The second kappa shape index (κ2) is 38.9. The minimum absolute atomic E-state index is 0.562. The van der Waals surface area contributed by atoms with Crippen molar-refractivity contribution in [1.82, 2.24) is 31.9 Å². The van der Waals surface area contributed by atoms with Crippen LogP contribution >= 0.6 is 0 Å². The summed E-state index contributed by atoms with van der Waals surface area (Å²) in [5.74, 6) is -4.08. The number of nitrogens with one attached hydrogen (secondary N) is 6. The van der Waals surface area contributed by atoms with Gasteiger partial charge >= 0.3 is 0 Å². The van der Waals surface area contributed by atoms with Gasteiger partial charge in [-0.3, -0.25) is 28.8 Å². The van der Waals surface area contributed by atoms with Crippen molar-refractivity contribution in [1.29, 1.82) is 0 Å². The molecule has 9 fully saturated rings. The van der Waals surface area contributed by atoms with Crippen LogP contribution in [0.1, 0.15) is 83.1 Å². The van der Waals surface area contributed by atoms with E-state index < -0.39 is 331 Å². The number of aliphatic hydroxyl groups excluding tert-OH is 17. The summed E-state index contributed by atoms with van der Waals surface area (Å²) < 4.78 is 102. The average molecular weight is 1630 g/mol. The highest BCUT2D eigenvalue weighted by molar-refractivity contribution is 5.75. The molecule has 0 unspecified atom stereocenters.